The van der Waals surface area contributed by atoms with Gasteiger partial charge in [-0.15, -0.1) is 5.54 Å². The first kappa shape index (κ1) is 19.5. The number of aromatic nitrogens is 1. The van der Waals surface area contributed by atoms with Gasteiger partial charge < -0.3 is 15.9 Å². The van der Waals surface area contributed by atoms with Crippen molar-refractivity contribution < 1.29 is 19.8 Å². The number of anilines is 1. The molecule has 26 heavy (non-hydrogen) atoms. The fourth-order valence-corrected chi connectivity index (χ4v) is 3.34. The molecule has 0 amide bonds. The van der Waals surface area contributed by atoms with E-state index < -0.39 is 31.3 Å². The molecule has 2 atom stereocenters. The molecule has 6 nitrogen and oxygen atoms in total. The van der Waals surface area contributed by atoms with Gasteiger partial charge in [0.25, 0.3) is 0 Å². The van der Waals surface area contributed by atoms with Crippen LogP contribution in [0, 0.1) is 16.9 Å². The zero-order valence-corrected chi connectivity index (χ0v) is 16.2. The van der Waals surface area contributed by atoms with Crippen LogP contribution < -0.4 is 5.73 Å². The number of hydrogen-bond donors (Lipinski definition) is 3. The maximum Gasteiger partial charge on any atom is 0.332 e. The number of rotatable bonds is 3. The number of carbonyl (C=O) groups is 2. The highest BCUT2D eigenvalue weighted by Gasteiger charge is 2.46. The Hall–Kier alpha value is -2.85. The van der Waals surface area contributed by atoms with E-state index >= 15 is 0 Å². The fraction of sp³-hybridized carbons (Fsp3) is 0.316. The average molecular weight is 370 g/mol. The maximum absolute atomic E-state index is 12.0. The van der Waals surface area contributed by atoms with Gasteiger partial charge in [-0.25, -0.2) is 9.78 Å². The van der Waals surface area contributed by atoms with Crippen molar-refractivity contribution in [1.29, 1.82) is 0 Å². The molecule has 2 unspecified atom stereocenters. The zero-order chi connectivity index (χ0) is 19.7. The molecular weight excluding hydrogens is 348 g/mol. The minimum atomic E-state index is -1.70. The second kappa shape index (κ2) is 6.81. The Kier molecular flexibility index (Phi) is 5.10. The van der Waals surface area contributed by atoms with Crippen LogP contribution in [-0.4, -0.2) is 35.2 Å². The second-order valence-corrected chi connectivity index (χ2v) is 12.3. The van der Waals surface area contributed by atoms with Crippen LogP contribution in [0.2, 0.25) is 19.6 Å². The van der Waals surface area contributed by atoms with Crippen molar-refractivity contribution in [2.24, 2.45) is 5.41 Å². The molecule has 7 heteroatoms. The largest absolute Gasteiger partial charge is 0.481 e. The maximum atomic E-state index is 12.0. The van der Waals surface area contributed by atoms with Gasteiger partial charge in [-0.3, -0.25) is 4.79 Å². The van der Waals surface area contributed by atoms with E-state index in [0.29, 0.717) is 11.1 Å². The third-order valence-electron chi connectivity index (χ3n) is 4.18. The Morgan fingerprint density at radius 3 is 2.50 bits per heavy atom. The standard InChI is InChI=1S/C19H22N2O4Si/c1-19(18(24)25)8-5-6-13(17(22)23)16(19)14-10-15(20)21-11-12(14)7-9-26(2,3)4/h5-6,8,10-11,16H,1-4H3,(H2,20,21)(H,22,23)(H,24,25). The highest BCUT2D eigenvalue weighted by molar-refractivity contribution is 6.83. The smallest absolute Gasteiger partial charge is 0.332 e. The van der Waals surface area contributed by atoms with E-state index in [1.807, 2.05) is 0 Å². The normalized spacial score (nSPS) is 22.2. The van der Waals surface area contributed by atoms with Crippen molar-refractivity contribution >= 4 is 25.8 Å². The van der Waals surface area contributed by atoms with Gasteiger partial charge in [-0.1, -0.05) is 43.8 Å². The molecule has 136 valence electrons. The number of carboxylic acid groups (broad SMARTS) is 2. The second-order valence-electron chi connectivity index (χ2n) is 7.50. The van der Waals surface area contributed by atoms with E-state index in [9.17, 15) is 19.8 Å². The molecule has 1 aromatic rings. The predicted octanol–water partition coefficient (Wildman–Crippen LogP) is 2.65. The SMILES string of the molecule is CC1(C(=O)O)C=CC=C(C(=O)O)C1c1cc(N)ncc1C#C[Si](C)(C)C. The monoisotopic (exact) mass is 370 g/mol. The molecule has 1 aromatic heterocycles. The molecule has 0 aliphatic heterocycles. The Labute approximate surface area is 153 Å². The Balaban J connectivity index is 2.76. The van der Waals surface area contributed by atoms with Gasteiger partial charge in [0.1, 0.15) is 13.9 Å². The van der Waals surface area contributed by atoms with E-state index in [2.05, 4.69) is 36.1 Å². The van der Waals surface area contributed by atoms with Crippen molar-refractivity contribution in [3.05, 3.63) is 47.2 Å². The van der Waals surface area contributed by atoms with Crippen molar-refractivity contribution in [3.63, 3.8) is 0 Å². The number of carboxylic acids is 2. The number of hydrogen-bond acceptors (Lipinski definition) is 4. The Morgan fingerprint density at radius 1 is 1.31 bits per heavy atom. The molecule has 1 heterocycles. The van der Waals surface area contributed by atoms with Crippen LogP contribution >= 0.6 is 0 Å². The van der Waals surface area contributed by atoms with Gasteiger partial charge in [0.05, 0.1) is 5.41 Å². The van der Waals surface area contributed by atoms with Gasteiger partial charge >= 0.3 is 11.9 Å². The predicted molar refractivity (Wildman–Crippen MR) is 102 cm³/mol. The van der Waals surface area contributed by atoms with Gasteiger partial charge in [-0.2, -0.15) is 0 Å². The highest BCUT2D eigenvalue weighted by atomic mass is 28.3. The lowest BCUT2D eigenvalue weighted by atomic mass is 9.66. The van der Waals surface area contributed by atoms with Crippen molar-refractivity contribution in [1.82, 2.24) is 4.98 Å². The lowest BCUT2D eigenvalue weighted by molar-refractivity contribution is -0.146. The highest BCUT2D eigenvalue weighted by Crippen LogP contribution is 2.46. The van der Waals surface area contributed by atoms with E-state index in [1.54, 1.807) is 0 Å². The van der Waals surface area contributed by atoms with E-state index in [-0.39, 0.29) is 11.4 Å². The van der Waals surface area contributed by atoms with Crippen molar-refractivity contribution in [3.8, 4) is 11.5 Å². The Morgan fingerprint density at radius 2 is 1.96 bits per heavy atom. The molecule has 0 spiro atoms. The summed E-state index contributed by atoms with van der Waals surface area (Å²) >= 11 is 0. The van der Waals surface area contributed by atoms with Crippen LogP contribution in [0.4, 0.5) is 5.82 Å². The van der Waals surface area contributed by atoms with Crippen LogP contribution in [0.25, 0.3) is 0 Å². The summed E-state index contributed by atoms with van der Waals surface area (Å²) < 4.78 is 0. The van der Waals surface area contributed by atoms with Crippen LogP contribution in [0.15, 0.2) is 36.1 Å². The first-order valence-electron chi connectivity index (χ1n) is 8.10. The molecular formula is C19H22N2O4Si. The average Bonchev–Trinajstić information content (AvgIpc) is 2.52. The summed E-state index contributed by atoms with van der Waals surface area (Å²) in [7, 11) is -1.70. The quantitative estimate of drug-likeness (QED) is 0.557. The van der Waals surface area contributed by atoms with Gasteiger partial charge in [0, 0.05) is 23.3 Å². The number of nitrogens with two attached hydrogens (primary N) is 1. The lowest BCUT2D eigenvalue weighted by Crippen LogP contribution is -2.37. The summed E-state index contributed by atoms with van der Waals surface area (Å²) in [6, 6.07) is 1.52. The molecule has 4 N–H and O–H groups in total. The molecule has 0 bridgehead atoms. The number of aliphatic carboxylic acids is 2. The third-order valence-corrected chi connectivity index (χ3v) is 5.05. The molecule has 0 saturated heterocycles. The van der Waals surface area contributed by atoms with E-state index in [0.717, 1.165) is 0 Å². The molecule has 1 aliphatic carbocycles. The molecule has 0 radical (unpaired) electrons. The molecule has 0 fully saturated rings. The summed E-state index contributed by atoms with van der Waals surface area (Å²) in [4.78, 5) is 27.8. The third kappa shape index (κ3) is 3.86. The fourth-order valence-electron chi connectivity index (χ4n) is 2.83. The van der Waals surface area contributed by atoms with E-state index in [1.165, 1.54) is 37.4 Å². The first-order valence-corrected chi connectivity index (χ1v) is 11.6. The van der Waals surface area contributed by atoms with Crippen molar-refractivity contribution in [2.75, 3.05) is 5.73 Å². The number of nitrogen functional groups attached to an aromatic ring is 1. The lowest BCUT2D eigenvalue weighted by Gasteiger charge is -2.35. The van der Waals surface area contributed by atoms with Gasteiger partial charge in [-0.05, 0) is 18.6 Å². The van der Waals surface area contributed by atoms with Gasteiger partial charge in [0.15, 0.2) is 0 Å². The number of nitrogens with zero attached hydrogens (tertiary/aromatic N) is 1. The summed E-state index contributed by atoms with van der Waals surface area (Å²) in [5.74, 6) is 0.0294. The van der Waals surface area contributed by atoms with Crippen molar-refractivity contribution in [2.45, 2.75) is 32.5 Å². The number of allylic oxidation sites excluding steroid dienone is 2. The summed E-state index contributed by atoms with van der Waals surface area (Å²) in [5.41, 5.74) is 8.54. The summed E-state index contributed by atoms with van der Waals surface area (Å²) in [6.07, 6.45) is 5.87. The van der Waals surface area contributed by atoms with Crippen LogP contribution in [0.3, 0.4) is 0 Å². The Bertz CT molecular complexity index is 887. The zero-order valence-electron chi connectivity index (χ0n) is 15.2. The van der Waals surface area contributed by atoms with Crippen LogP contribution in [-0.2, 0) is 9.59 Å². The van der Waals surface area contributed by atoms with E-state index in [4.69, 9.17) is 5.73 Å². The molecule has 1 aliphatic rings. The van der Waals surface area contributed by atoms with Crippen LogP contribution in [0.1, 0.15) is 24.0 Å². The minimum absolute atomic E-state index is 0.0148. The summed E-state index contributed by atoms with van der Waals surface area (Å²) in [5, 5.41) is 19.4. The number of pyridine rings is 1. The topological polar surface area (TPSA) is 114 Å². The molecule has 0 saturated carbocycles. The van der Waals surface area contributed by atoms with Gasteiger partial charge in [0.2, 0.25) is 0 Å². The van der Waals surface area contributed by atoms with Crippen LogP contribution in [0.5, 0.6) is 0 Å². The molecule has 0 aromatic carbocycles. The molecule has 2 rings (SSSR count). The summed E-state index contributed by atoms with van der Waals surface area (Å²) in [6.45, 7) is 7.74. The minimum Gasteiger partial charge on any atom is -0.481 e. The first-order chi connectivity index (χ1) is 12.0.